The minimum atomic E-state index is -0.568. The fourth-order valence-corrected chi connectivity index (χ4v) is 2.89. The molecule has 1 heterocycles. The van der Waals surface area contributed by atoms with E-state index >= 15 is 0 Å². The molecule has 0 atom stereocenters. The fourth-order valence-electron chi connectivity index (χ4n) is 2.53. The highest BCUT2D eigenvalue weighted by Gasteiger charge is 2.35. The van der Waals surface area contributed by atoms with E-state index in [0.717, 1.165) is 10.0 Å². The molecule has 0 radical (unpaired) electrons. The summed E-state index contributed by atoms with van der Waals surface area (Å²) in [5.74, 6) is -1.54. The molecule has 2 aromatic carbocycles. The second-order valence-corrected chi connectivity index (χ2v) is 5.99. The van der Waals surface area contributed by atoms with Gasteiger partial charge >= 0.3 is 5.97 Å². The maximum Gasteiger partial charge on any atom is 0.337 e. The standard InChI is InChI=1S/C17H12BrNO4/c1-23-17(22)11-4-2-3-10(7-11)9-19-14-6-5-12(18)8-13(14)15(20)16(19)21/h2-8H,9H2,1H3. The monoisotopic (exact) mass is 373 g/mol. The fraction of sp³-hybridized carbons (Fsp3) is 0.118. The Bertz CT molecular complexity index is 831. The number of benzene rings is 2. The van der Waals surface area contributed by atoms with Gasteiger partial charge in [0, 0.05) is 4.47 Å². The van der Waals surface area contributed by atoms with Crippen molar-refractivity contribution < 1.29 is 19.1 Å². The lowest BCUT2D eigenvalue weighted by Gasteiger charge is -2.17. The van der Waals surface area contributed by atoms with Crippen LogP contribution in [0.15, 0.2) is 46.9 Å². The number of Topliss-reactive ketones (excluding diaryl/α,β-unsaturated/α-hetero) is 1. The molecule has 23 heavy (non-hydrogen) atoms. The Morgan fingerprint density at radius 3 is 2.70 bits per heavy atom. The first-order valence-corrected chi connectivity index (χ1v) is 7.63. The van der Waals surface area contributed by atoms with Gasteiger partial charge in [-0.1, -0.05) is 28.1 Å². The lowest BCUT2D eigenvalue weighted by molar-refractivity contribution is -0.114. The number of nitrogens with zero attached hydrogens (tertiary/aromatic N) is 1. The van der Waals surface area contributed by atoms with E-state index in [2.05, 4.69) is 15.9 Å². The number of rotatable bonds is 3. The molecule has 1 aliphatic heterocycles. The van der Waals surface area contributed by atoms with Crippen LogP contribution in [-0.2, 0) is 16.1 Å². The van der Waals surface area contributed by atoms with E-state index in [0.29, 0.717) is 16.8 Å². The number of anilines is 1. The molecule has 0 saturated carbocycles. The van der Waals surface area contributed by atoms with Crippen LogP contribution in [-0.4, -0.2) is 24.8 Å². The number of amides is 1. The topological polar surface area (TPSA) is 63.7 Å². The van der Waals surface area contributed by atoms with Gasteiger partial charge < -0.3 is 9.64 Å². The molecule has 0 saturated heterocycles. The second kappa shape index (κ2) is 5.96. The molecule has 3 rings (SSSR count). The summed E-state index contributed by atoms with van der Waals surface area (Å²) >= 11 is 3.30. The number of esters is 1. The molecule has 0 fully saturated rings. The SMILES string of the molecule is COC(=O)c1cccc(CN2C(=O)C(=O)c3cc(Br)ccc32)c1. The minimum Gasteiger partial charge on any atom is -0.465 e. The van der Waals surface area contributed by atoms with E-state index in [1.165, 1.54) is 12.0 Å². The average molecular weight is 374 g/mol. The van der Waals surface area contributed by atoms with Gasteiger partial charge in [0.2, 0.25) is 0 Å². The molecule has 1 aliphatic rings. The largest absolute Gasteiger partial charge is 0.465 e. The van der Waals surface area contributed by atoms with Crippen LogP contribution in [0.4, 0.5) is 5.69 Å². The van der Waals surface area contributed by atoms with Crippen molar-refractivity contribution in [3.05, 3.63) is 63.6 Å². The second-order valence-electron chi connectivity index (χ2n) is 5.07. The summed E-state index contributed by atoms with van der Waals surface area (Å²) in [5.41, 5.74) is 2.10. The van der Waals surface area contributed by atoms with Gasteiger partial charge in [0.15, 0.2) is 0 Å². The predicted octanol–water partition coefficient (Wildman–Crippen LogP) is 2.97. The summed E-state index contributed by atoms with van der Waals surface area (Å²) in [6.07, 6.45) is 0. The molecular weight excluding hydrogens is 362 g/mol. The van der Waals surface area contributed by atoms with Gasteiger partial charge in [0.05, 0.1) is 30.5 Å². The maximum atomic E-state index is 12.2. The zero-order chi connectivity index (χ0) is 16.6. The molecule has 0 unspecified atom stereocenters. The minimum absolute atomic E-state index is 0.212. The molecular formula is C17H12BrNO4. The number of hydrogen-bond donors (Lipinski definition) is 0. The summed E-state index contributed by atoms with van der Waals surface area (Å²) in [4.78, 5) is 37.3. The number of carbonyl (C=O) groups excluding carboxylic acids is 3. The lowest BCUT2D eigenvalue weighted by Crippen LogP contribution is -2.29. The van der Waals surface area contributed by atoms with Crippen molar-refractivity contribution in [2.45, 2.75) is 6.54 Å². The average Bonchev–Trinajstić information content (AvgIpc) is 2.79. The number of fused-ring (bicyclic) bond motifs is 1. The van der Waals surface area contributed by atoms with Crippen LogP contribution in [0.2, 0.25) is 0 Å². The molecule has 0 N–H and O–H groups in total. The van der Waals surface area contributed by atoms with Gasteiger partial charge in [-0.05, 0) is 35.9 Å². The molecule has 116 valence electrons. The van der Waals surface area contributed by atoms with Gasteiger partial charge in [0.25, 0.3) is 11.7 Å². The Kier molecular flexibility index (Phi) is 4.00. The highest BCUT2D eigenvalue weighted by molar-refractivity contribution is 9.10. The Hall–Kier alpha value is -2.47. The smallest absolute Gasteiger partial charge is 0.337 e. The van der Waals surface area contributed by atoms with Crippen LogP contribution in [0.1, 0.15) is 26.3 Å². The van der Waals surface area contributed by atoms with E-state index in [1.54, 1.807) is 42.5 Å². The van der Waals surface area contributed by atoms with Crippen molar-refractivity contribution >= 4 is 39.3 Å². The summed E-state index contributed by atoms with van der Waals surface area (Å²) in [5, 5.41) is 0. The number of ether oxygens (including phenoxy) is 1. The molecule has 0 bridgehead atoms. The maximum absolute atomic E-state index is 12.2. The van der Waals surface area contributed by atoms with Crippen molar-refractivity contribution in [2.75, 3.05) is 12.0 Å². The van der Waals surface area contributed by atoms with Crippen molar-refractivity contribution in [3.8, 4) is 0 Å². The van der Waals surface area contributed by atoms with Crippen LogP contribution in [0.5, 0.6) is 0 Å². The van der Waals surface area contributed by atoms with Gasteiger partial charge in [0.1, 0.15) is 0 Å². The molecule has 0 aromatic heterocycles. The zero-order valence-electron chi connectivity index (χ0n) is 12.2. The lowest BCUT2D eigenvalue weighted by atomic mass is 10.1. The van der Waals surface area contributed by atoms with Crippen molar-refractivity contribution in [1.82, 2.24) is 0 Å². The van der Waals surface area contributed by atoms with Crippen molar-refractivity contribution in [1.29, 1.82) is 0 Å². The number of ketones is 1. The van der Waals surface area contributed by atoms with E-state index in [4.69, 9.17) is 4.74 Å². The quantitative estimate of drug-likeness (QED) is 0.612. The van der Waals surface area contributed by atoms with Crippen molar-refractivity contribution in [2.24, 2.45) is 0 Å². The van der Waals surface area contributed by atoms with E-state index < -0.39 is 17.7 Å². The highest BCUT2D eigenvalue weighted by atomic mass is 79.9. The zero-order valence-corrected chi connectivity index (χ0v) is 13.8. The Labute approximate surface area is 141 Å². The van der Waals surface area contributed by atoms with Crippen LogP contribution in [0, 0.1) is 0 Å². The summed E-state index contributed by atoms with van der Waals surface area (Å²) in [6.45, 7) is 0.212. The van der Waals surface area contributed by atoms with Crippen LogP contribution >= 0.6 is 15.9 Å². The van der Waals surface area contributed by atoms with E-state index in [1.807, 2.05) is 0 Å². The normalized spacial score (nSPS) is 13.2. The van der Waals surface area contributed by atoms with Gasteiger partial charge in [-0.25, -0.2) is 4.79 Å². The molecule has 0 aliphatic carbocycles. The molecule has 0 spiro atoms. The van der Waals surface area contributed by atoms with Crippen LogP contribution < -0.4 is 4.90 Å². The Morgan fingerprint density at radius 2 is 1.96 bits per heavy atom. The van der Waals surface area contributed by atoms with Gasteiger partial charge in [-0.3, -0.25) is 9.59 Å². The van der Waals surface area contributed by atoms with Crippen LogP contribution in [0.25, 0.3) is 0 Å². The summed E-state index contributed by atoms with van der Waals surface area (Å²) in [6, 6.07) is 11.9. The molecule has 2 aromatic rings. The number of hydrogen-bond acceptors (Lipinski definition) is 4. The predicted molar refractivity (Wildman–Crippen MR) is 87.4 cm³/mol. The molecule has 1 amide bonds. The first-order valence-electron chi connectivity index (χ1n) is 6.84. The Balaban J connectivity index is 1.94. The number of methoxy groups -OCH3 is 1. The number of carbonyl (C=O) groups is 3. The highest BCUT2D eigenvalue weighted by Crippen LogP contribution is 2.32. The summed E-state index contributed by atoms with van der Waals surface area (Å²) < 4.78 is 5.43. The third-order valence-electron chi connectivity index (χ3n) is 3.62. The van der Waals surface area contributed by atoms with Gasteiger partial charge in [-0.2, -0.15) is 0 Å². The third kappa shape index (κ3) is 2.77. The molecule has 6 heteroatoms. The molecule has 5 nitrogen and oxygen atoms in total. The van der Waals surface area contributed by atoms with Crippen LogP contribution in [0.3, 0.4) is 0 Å². The Morgan fingerprint density at radius 1 is 1.17 bits per heavy atom. The number of halogens is 1. The van der Waals surface area contributed by atoms with Gasteiger partial charge in [-0.15, -0.1) is 0 Å². The van der Waals surface area contributed by atoms with Crippen molar-refractivity contribution in [3.63, 3.8) is 0 Å². The first-order chi connectivity index (χ1) is 11.0. The first kappa shape index (κ1) is 15.4. The third-order valence-corrected chi connectivity index (χ3v) is 4.12. The van der Waals surface area contributed by atoms with E-state index in [-0.39, 0.29) is 6.54 Å². The summed E-state index contributed by atoms with van der Waals surface area (Å²) in [7, 11) is 1.31. The van der Waals surface area contributed by atoms with E-state index in [9.17, 15) is 14.4 Å².